The van der Waals surface area contributed by atoms with Gasteiger partial charge >= 0.3 is 0 Å². The molecular formula is C12H6ClN5S. The lowest BCUT2D eigenvalue weighted by molar-refractivity contribution is 0.800. The maximum Gasteiger partial charge on any atom is 0.212 e. The Balaban J connectivity index is 2.22. The molecule has 0 unspecified atom stereocenters. The van der Waals surface area contributed by atoms with Gasteiger partial charge in [0, 0.05) is 22.2 Å². The molecule has 0 bridgehead atoms. The van der Waals surface area contributed by atoms with Crippen molar-refractivity contribution < 1.29 is 0 Å². The van der Waals surface area contributed by atoms with Gasteiger partial charge in [-0.2, -0.15) is 9.94 Å². The van der Waals surface area contributed by atoms with Crippen LogP contribution in [0.5, 0.6) is 0 Å². The predicted octanol–water partition coefficient (Wildman–Crippen LogP) is 2.92. The van der Waals surface area contributed by atoms with Crippen LogP contribution in [0.3, 0.4) is 0 Å². The van der Waals surface area contributed by atoms with E-state index in [-0.39, 0.29) is 5.69 Å². The zero-order chi connectivity index (χ0) is 13.2. The van der Waals surface area contributed by atoms with Gasteiger partial charge in [-0.15, -0.1) is 16.4 Å². The fourth-order valence-electron chi connectivity index (χ4n) is 1.68. The van der Waals surface area contributed by atoms with Gasteiger partial charge in [-0.25, -0.2) is 4.98 Å². The van der Waals surface area contributed by atoms with Gasteiger partial charge in [0.25, 0.3) is 0 Å². The first-order valence-electron chi connectivity index (χ1n) is 5.31. The monoisotopic (exact) mass is 287 g/mol. The molecule has 0 spiro atoms. The molecule has 5 nitrogen and oxygen atoms in total. The lowest BCUT2D eigenvalue weighted by Gasteiger charge is -2.03. The number of hydrogen-bond acceptors (Lipinski definition) is 5. The van der Waals surface area contributed by atoms with E-state index in [1.165, 1.54) is 11.3 Å². The van der Waals surface area contributed by atoms with Crippen LogP contribution in [0.15, 0.2) is 35.8 Å². The summed E-state index contributed by atoms with van der Waals surface area (Å²) in [5.41, 5.74) is 1.70. The third-order valence-electron chi connectivity index (χ3n) is 2.49. The van der Waals surface area contributed by atoms with Crippen LogP contribution in [0.2, 0.25) is 5.02 Å². The van der Waals surface area contributed by atoms with E-state index in [1.807, 2.05) is 23.6 Å². The van der Waals surface area contributed by atoms with Gasteiger partial charge in [0.2, 0.25) is 5.13 Å². The van der Waals surface area contributed by atoms with Gasteiger partial charge in [0.15, 0.2) is 5.69 Å². The highest BCUT2D eigenvalue weighted by molar-refractivity contribution is 7.12. The van der Waals surface area contributed by atoms with E-state index < -0.39 is 0 Å². The summed E-state index contributed by atoms with van der Waals surface area (Å²) in [4.78, 5) is 4.18. The second kappa shape index (κ2) is 4.80. The number of halogens is 1. The molecule has 0 atom stereocenters. The minimum atomic E-state index is 0.262. The Hall–Kier alpha value is -2.23. The molecule has 3 rings (SSSR count). The summed E-state index contributed by atoms with van der Waals surface area (Å²) in [5.74, 6) is 0. The molecule has 0 radical (unpaired) electrons. The number of nitrogens with zero attached hydrogens (tertiary/aromatic N) is 5. The zero-order valence-corrected chi connectivity index (χ0v) is 11.1. The van der Waals surface area contributed by atoms with Crippen molar-refractivity contribution in [2.75, 3.05) is 0 Å². The molecule has 0 N–H and O–H groups in total. The number of aromatic nitrogens is 4. The Kier molecular flexibility index (Phi) is 2.99. The first kappa shape index (κ1) is 11.8. The quantitative estimate of drug-likeness (QED) is 0.727. The van der Waals surface area contributed by atoms with Gasteiger partial charge < -0.3 is 0 Å². The van der Waals surface area contributed by atoms with Crippen molar-refractivity contribution in [1.82, 2.24) is 20.0 Å². The van der Waals surface area contributed by atoms with E-state index in [4.69, 9.17) is 16.9 Å². The minimum absolute atomic E-state index is 0.262. The number of nitriles is 1. The Labute approximate surface area is 117 Å². The van der Waals surface area contributed by atoms with Crippen molar-refractivity contribution in [3.8, 4) is 22.5 Å². The maximum absolute atomic E-state index is 9.14. The Morgan fingerprint density at radius 1 is 1.26 bits per heavy atom. The number of benzene rings is 1. The molecule has 3 aromatic rings. The van der Waals surface area contributed by atoms with E-state index in [1.54, 1.807) is 23.0 Å². The average molecular weight is 288 g/mol. The molecule has 2 heterocycles. The predicted molar refractivity (Wildman–Crippen MR) is 72.2 cm³/mol. The van der Waals surface area contributed by atoms with Crippen LogP contribution in [0, 0.1) is 11.3 Å². The molecule has 0 saturated carbocycles. The lowest BCUT2D eigenvalue weighted by Crippen LogP contribution is -1.98. The topological polar surface area (TPSA) is 67.4 Å². The molecule has 2 aromatic heterocycles. The number of hydrogen-bond donors (Lipinski definition) is 0. The van der Waals surface area contributed by atoms with Crippen molar-refractivity contribution >= 4 is 22.9 Å². The fourth-order valence-corrected chi connectivity index (χ4v) is 2.40. The third-order valence-corrected chi connectivity index (χ3v) is 3.49. The van der Waals surface area contributed by atoms with Crippen molar-refractivity contribution in [2.24, 2.45) is 0 Å². The SMILES string of the molecule is N#Cc1nnn(-c2nccs2)c1-c1ccc(Cl)cc1. The lowest BCUT2D eigenvalue weighted by atomic mass is 10.1. The largest absolute Gasteiger partial charge is 0.227 e. The number of thiazole rings is 1. The molecule has 92 valence electrons. The molecule has 1 aromatic carbocycles. The summed E-state index contributed by atoms with van der Waals surface area (Å²) in [6.45, 7) is 0. The van der Waals surface area contributed by atoms with Crippen molar-refractivity contribution in [2.45, 2.75) is 0 Å². The highest BCUT2D eigenvalue weighted by atomic mass is 35.5. The third kappa shape index (κ3) is 2.10. The van der Waals surface area contributed by atoms with Crippen LogP contribution in [-0.2, 0) is 0 Å². The second-order valence-corrected chi connectivity index (χ2v) is 4.94. The highest BCUT2D eigenvalue weighted by Crippen LogP contribution is 2.26. The van der Waals surface area contributed by atoms with Crippen LogP contribution in [0.1, 0.15) is 5.69 Å². The van der Waals surface area contributed by atoms with Gasteiger partial charge in [0.05, 0.1) is 0 Å². The summed E-state index contributed by atoms with van der Waals surface area (Å²) in [5, 5.41) is 20.1. The minimum Gasteiger partial charge on any atom is -0.227 e. The van der Waals surface area contributed by atoms with E-state index in [0.717, 1.165) is 5.56 Å². The van der Waals surface area contributed by atoms with Gasteiger partial charge in [0.1, 0.15) is 11.8 Å². The molecular weight excluding hydrogens is 282 g/mol. The highest BCUT2D eigenvalue weighted by Gasteiger charge is 2.17. The normalized spacial score (nSPS) is 10.3. The molecule has 0 aliphatic rings. The average Bonchev–Trinajstić information content (AvgIpc) is 3.08. The van der Waals surface area contributed by atoms with Crippen molar-refractivity contribution in [3.05, 3.63) is 46.6 Å². The van der Waals surface area contributed by atoms with E-state index in [2.05, 4.69) is 15.3 Å². The molecule has 0 aliphatic carbocycles. The summed E-state index contributed by atoms with van der Waals surface area (Å²) in [7, 11) is 0. The molecule has 7 heteroatoms. The summed E-state index contributed by atoms with van der Waals surface area (Å²) in [6.07, 6.45) is 1.68. The van der Waals surface area contributed by atoms with Crippen molar-refractivity contribution in [3.63, 3.8) is 0 Å². The summed E-state index contributed by atoms with van der Waals surface area (Å²) in [6, 6.07) is 9.21. The summed E-state index contributed by atoms with van der Waals surface area (Å²) < 4.78 is 1.56. The van der Waals surface area contributed by atoms with Crippen molar-refractivity contribution in [1.29, 1.82) is 5.26 Å². The van der Waals surface area contributed by atoms with Crippen LogP contribution < -0.4 is 0 Å². The zero-order valence-electron chi connectivity index (χ0n) is 9.49. The van der Waals surface area contributed by atoms with Crippen LogP contribution >= 0.6 is 22.9 Å². The smallest absolute Gasteiger partial charge is 0.212 e. The molecule has 19 heavy (non-hydrogen) atoms. The standard InChI is InChI=1S/C12H6ClN5S/c13-9-3-1-8(2-4-9)11-10(7-14)16-17-18(11)12-15-5-6-19-12/h1-6H. The Morgan fingerprint density at radius 3 is 2.68 bits per heavy atom. The second-order valence-electron chi connectivity index (χ2n) is 3.63. The molecule has 0 saturated heterocycles. The van der Waals surface area contributed by atoms with Crippen LogP contribution in [0.25, 0.3) is 16.4 Å². The molecule has 0 amide bonds. The van der Waals surface area contributed by atoms with Crippen LogP contribution in [-0.4, -0.2) is 20.0 Å². The van der Waals surface area contributed by atoms with Crippen LogP contribution in [0.4, 0.5) is 0 Å². The Bertz CT molecular complexity index is 740. The molecule has 0 aliphatic heterocycles. The first-order chi connectivity index (χ1) is 9.29. The number of rotatable bonds is 2. The van der Waals surface area contributed by atoms with Gasteiger partial charge in [-0.1, -0.05) is 28.9 Å². The van der Waals surface area contributed by atoms with E-state index >= 15 is 0 Å². The van der Waals surface area contributed by atoms with Gasteiger partial charge in [-0.3, -0.25) is 0 Å². The molecule has 0 fully saturated rings. The van der Waals surface area contributed by atoms with E-state index in [0.29, 0.717) is 15.8 Å². The Morgan fingerprint density at radius 2 is 2.05 bits per heavy atom. The van der Waals surface area contributed by atoms with E-state index in [9.17, 15) is 0 Å². The maximum atomic E-state index is 9.14. The summed E-state index contributed by atoms with van der Waals surface area (Å²) >= 11 is 7.30. The fraction of sp³-hybridized carbons (Fsp3) is 0. The first-order valence-corrected chi connectivity index (χ1v) is 6.57. The van der Waals surface area contributed by atoms with Gasteiger partial charge in [-0.05, 0) is 12.1 Å².